The zero-order valence-electron chi connectivity index (χ0n) is 11.9. The van der Waals surface area contributed by atoms with E-state index in [2.05, 4.69) is 0 Å². The first kappa shape index (κ1) is 16.6. The van der Waals surface area contributed by atoms with Gasteiger partial charge in [-0.2, -0.15) is 5.26 Å². The first-order valence-electron chi connectivity index (χ1n) is 6.47. The molecule has 0 amide bonds. The maximum absolute atomic E-state index is 12.2. The van der Waals surface area contributed by atoms with Gasteiger partial charge in [-0.25, -0.2) is 8.42 Å². The average Bonchev–Trinajstić information content (AvgIpc) is 2.47. The molecule has 0 aromatic heterocycles. The summed E-state index contributed by atoms with van der Waals surface area (Å²) in [5.74, 6) is 0.0659. The predicted molar refractivity (Wildman–Crippen MR) is 77.2 cm³/mol. The summed E-state index contributed by atoms with van der Waals surface area (Å²) in [6, 6.07) is 7.99. The van der Waals surface area contributed by atoms with Crippen molar-refractivity contribution in [3.05, 3.63) is 29.8 Å². The molecule has 110 valence electrons. The minimum Gasteiger partial charge on any atom is -0.383 e. The Morgan fingerprint density at radius 1 is 1.25 bits per heavy atom. The number of sulfone groups is 1. The Hall–Kier alpha value is -1.42. The zero-order valence-corrected chi connectivity index (χ0v) is 12.7. The number of ether oxygens (including phenoxy) is 1. The van der Waals surface area contributed by atoms with Gasteiger partial charge in [-0.1, -0.05) is 6.92 Å². The summed E-state index contributed by atoms with van der Waals surface area (Å²) in [5.41, 5.74) is 0.458. The number of nitriles is 1. The van der Waals surface area contributed by atoms with Gasteiger partial charge in [0.25, 0.3) is 0 Å². The van der Waals surface area contributed by atoms with Crippen LogP contribution in [0.1, 0.15) is 12.5 Å². The topological polar surface area (TPSA) is 70.4 Å². The highest BCUT2D eigenvalue weighted by molar-refractivity contribution is 7.91. The van der Waals surface area contributed by atoms with Crippen molar-refractivity contribution in [1.82, 2.24) is 4.90 Å². The van der Waals surface area contributed by atoms with Crippen LogP contribution in [0.25, 0.3) is 0 Å². The molecule has 0 aliphatic carbocycles. The van der Waals surface area contributed by atoms with Gasteiger partial charge in [-0.3, -0.25) is 0 Å². The third-order valence-electron chi connectivity index (χ3n) is 3.08. The molecule has 0 aliphatic heterocycles. The van der Waals surface area contributed by atoms with Crippen LogP contribution in [0, 0.1) is 11.3 Å². The van der Waals surface area contributed by atoms with Gasteiger partial charge in [-0.15, -0.1) is 0 Å². The number of methoxy groups -OCH3 is 1. The second-order valence-electron chi connectivity index (χ2n) is 4.38. The number of hydrogen-bond acceptors (Lipinski definition) is 5. The Morgan fingerprint density at radius 2 is 1.90 bits per heavy atom. The molecule has 0 spiro atoms. The van der Waals surface area contributed by atoms with Gasteiger partial charge < -0.3 is 9.64 Å². The zero-order chi connectivity index (χ0) is 15.0. The quantitative estimate of drug-likeness (QED) is 0.723. The van der Waals surface area contributed by atoms with Crippen molar-refractivity contribution in [3.63, 3.8) is 0 Å². The summed E-state index contributed by atoms with van der Waals surface area (Å²) in [6.45, 7) is 4.55. The van der Waals surface area contributed by atoms with E-state index in [4.69, 9.17) is 10.00 Å². The first-order valence-corrected chi connectivity index (χ1v) is 8.13. The van der Waals surface area contributed by atoms with Crippen LogP contribution in [-0.4, -0.2) is 52.4 Å². The van der Waals surface area contributed by atoms with E-state index in [0.29, 0.717) is 18.7 Å². The van der Waals surface area contributed by atoms with Crippen LogP contribution in [0.2, 0.25) is 0 Å². The molecule has 0 unspecified atom stereocenters. The molecule has 1 aromatic carbocycles. The van der Waals surface area contributed by atoms with Gasteiger partial charge >= 0.3 is 0 Å². The molecule has 0 aliphatic rings. The maximum atomic E-state index is 12.2. The van der Waals surface area contributed by atoms with Crippen LogP contribution >= 0.6 is 0 Å². The summed E-state index contributed by atoms with van der Waals surface area (Å²) in [5, 5.41) is 8.70. The second kappa shape index (κ2) is 8.00. The Kier molecular flexibility index (Phi) is 6.65. The largest absolute Gasteiger partial charge is 0.383 e. The number of rotatable bonds is 8. The number of hydrogen-bond donors (Lipinski definition) is 0. The monoisotopic (exact) mass is 296 g/mol. The summed E-state index contributed by atoms with van der Waals surface area (Å²) in [6.07, 6.45) is 0. The van der Waals surface area contributed by atoms with Crippen LogP contribution in [0.5, 0.6) is 0 Å². The van der Waals surface area contributed by atoms with E-state index in [1.165, 1.54) is 24.3 Å². The highest BCUT2D eigenvalue weighted by Crippen LogP contribution is 2.12. The van der Waals surface area contributed by atoms with Gasteiger partial charge in [0.2, 0.25) is 0 Å². The van der Waals surface area contributed by atoms with Crippen LogP contribution in [0.4, 0.5) is 0 Å². The molecule has 0 N–H and O–H groups in total. The first-order chi connectivity index (χ1) is 9.53. The van der Waals surface area contributed by atoms with Gasteiger partial charge in [0.05, 0.1) is 28.9 Å². The fourth-order valence-electron chi connectivity index (χ4n) is 1.75. The highest BCUT2D eigenvalue weighted by Gasteiger charge is 2.15. The molecule has 0 saturated carbocycles. The third kappa shape index (κ3) is 4.93. The smallest absolute Gasteiger partial charge is 0.179 e. The molecule has 0 atom stereocenters. The molecule has 0 fully saturated rings. The van der Waals surface area contributed by atoms with Gasteiger partial charge in [0, 0.05) is 20.2 Å². The van der Waals surface area contributed by atoms with Crippen molar-refractivity contribution in [2.24, 2.45) is 0 Å². The minimum absolute atomic E-state index is 0.0659. The number of likely N-dealkylation sites (N-methyl/N-ethyl adjacent to an activating group) is 1. The fourth-order valence-corrected chi connectivity index (χ4v) is 3.04. The second-order valence-corrected chi connectivity index (χ2v) is 6.49. The van der Waals surface area contributed by atoms with Crippen molar-refractivity contribution < 1.29 is 13.2 Å². The lowest BCUT2D eigenvalue weighted by Gasteiger charge is -2.19. The number of benzene rings is 1. The van der Waals surface area contributed by atoms with E-state index in [-0.39, 0.29) is 10.6 Å². The molecule has 1 aromatic rings. The van der Waals surface area contributed by atoms with E-state index in [1.807, 2.05) is 17.9 Å². The Morgan fingerprint density at radius 3 is 2.40 bits per heavy atom. The molecule has 0 radical (unpaired) electrons. The van der Waals surface area contributed by atoms with E-state index < -0.39 is 9.84 Å². The van der Waals surface area contributed by atoms with Gasteiger partial charge in [0.1, 0.15) is 0 Å². The third-order valence-corrected chi connectivity index (χ3v) is 4.79. The van der Waals surface area contributed by atoms with E-state index in [1.54, 1.807) is 7.11 Å². The van der Waals surface area contributed by atoms with Gasteiger partial charge in [-0.05, 0) is 30.8 Å². The Bertz CT molecular complexity index is 547. The van der Waals surface area contributed by atoms with Crippen molar-refractivity contribution in [3.8, 4) is 6.07 Å². The molecule has 6 heteroatoms. The van der Waals surface area contributed by atoms with Crippen LogP contribution < -0.4 is 0 Å². The lowest BCUT2D eigenvalue weighted by Crippen LogP contribution is -2.32. The number of nitrogens with zero attached hydrogens (tertiary/aromatic N) is 2. The lowest BCUT2D eigenvalue weighted by molar-refractivity contribution is 0.154. The average molecular weight is 296 g/mol. The summed E-state index contributed by atoms with van der Waals surface area (Å²) >= 11 is 0. The standard InChI is InChI=1S/C14H20N2O3S/c1-3-16(8-10-19-2)9-11-20(17,18)14-6-4-13(12-15)5-7-14/h4-7H,3,8-11H2,1-2H3. The SMILES string of the molecule is CCN(CCOC)CCS(=O)(=O)c1ccc(C#N)cc1. The van der Waals surface area contributed by atoms with E-state index in [0.717, 1.165) is 13.1 Å². The minimum atomic E-state index is -3.31. The highest BCUT2D eigenvalue weighted by atomic mass is 32.2. The van der Waals surface area contributed by atoms with E-state index >= 15 is 0 Å². The molecule has 1 rings (SSSR count). The Balaban J connectivity index is 2.66. The molecule has 0 bridgehead atoms. The van der Waals surface area contributed by atoms with Crippen LogP contribution in [-0.2, 0) is 14.6 Å². The molecular formula is C14H20N2O3S. The molecule has 20 heavy (non-hydrogen) atoms. The van der Waals surface area contributed by atoms with Crippen LogP contribution in [0.15, 0.2) is 29.2 Å². The molecule has 0 heterocycles. The molecule has 5 nitrogen and oxygen atoms in total. The van der Waals surface area contributed by atoms with E-state index in [9.17, 15) is 8.42 Å². The maximum Gasteiger partial charge on any atom is 0.179 e. The van der Waals surface area contributed by atoms with Gasteiger partial charge in [0.15, 0.2) is 9.84 Å². The Labute approximate surface area is 120 Å². The lowest BCUT2D eigenvalue weighted by atomic mass is 10.2. The molecule has 0 saturated heterocycles. The summed E-state index contributed by atoms with van der Waals surface area (Å²) in [7, 11) is -1.68. The summed E-state index contributed by atoms with van der Waals surface area (Å²) < 4.78 is 29.4. The van der Waals surface area contributed by atoms with Crippen molar-refractivity contribution in [2.45, 2.75) is 11.8 Å². The summed E-state index contributed by atoms with van der Waals surface area (Å²) in [4.78, 5) is 2.30. The van der Waals surface area contributed by atoms with Crippen molar-refractivity contribution in [1.29, 1.82) is 5.26 Å². The van der Waals surface area contributed by atoms with Crippen molar-refractivity contribution in [2.75, 3.05) is 39.1 Å². The van der Waals surface area contributed by atoms with Crippen molar-refractivity contribution >= 4 is 9.84 Å². The fraction of sp³-hybridized carbons (Fsp3) is 0.500. The predicted octanol–water partition coefficient (Wildman–Crippen LogP) is 1.30. The van der Waals surface area contributed by atoms with Crippen LogP contribution in [0.3, 0.4) is 0 Å². The molecular weight excluding hydrogens is 276 g/mol. The normalized spacial score (nSPS) is 11.5.